The van der Waals surface area contributed by atoms with E-state index in [9.17, 15) is 0 Å². The molecule has 0 saturated heterocycles. The van der Waals surface area contributed by atoms with Crippen LogP contribution in [0, 0.1) is 0 Å². The van der Waals surface area contributed by atoms with Crippen molar-refractivity contribution >= 4 is 17.4 Å². The Morgan fingerprint density at radius 3 is 3.00 bits per heavy atom. The van der Waals surface area contributed by atoms with Crippen molar-refractivity contribution in [1.29, 1.82) is 0 Å². The maximum absolute atomic E-state index is 8.45. The highest BCUT2D eigenvalue weighted by atomic mass is 35.5. The van der Waals surface area contributed by atoms with Crippen molar-refractivity contribution in [3.63, 3.8) is 0 Å². The first-order valence-corrected chi connectivity index (χ1v) is 4.60. The predicted octanol–water partition coefficient (Wildman–Crippen LogP) is 0.410. The van der Waals surface area contributed by atoms with Gasteiger partial charge >= 0.3 is 0 Å². The van der Waals surface area contributed by atoms with Crippen LogP contribution < -0.4 is 5.73 Å². The van der Waals surface area contributed by atoms with E-state index < -0.39 is 0 Å². The molecular formula is C8H7ClN6O. The highest BCUT2D eigenvalue weighted by Crippen LogP contribution is 2.15. The molecule has 0 fully saturated rings. The van der Waals surface area contributed by atoms with Crippen LogP contribution in [0.3, 0.4) is 0 Å². The molecule has 82 valence electrons. The van der Waals surface area contributed by atoms with Gasteiger partial charge in [-0.3, -0.25) is 0 Å². The Labute approximate surface area is 95.2 Å². The Morgan fingerprint density at radius 2 is 2.31 bits per heavy atom. The van der Waals surface area contributed by atoms with Crippen LogP contribution in [0.1, 0.15) is 5.82 Å². The van der Waals surface area contributed by atoms with Crippen LogP contribution in [-0.4, -0.2) is 30.8 Å². The van der Waals surface area contributed by atoms with Gasteiger partial charge in [-0.05, 0) is 12.1 Å². The average molecular weight is 239 g/mol. The van der Waals surface area contributed by atoms with Crippen LogP contribution in [0.25, 0.3) is 5.82 Å². The summed E-state index contributed by atoms with van der Waals surface area (Å²) in [6.45, 7) is 0. The minimum atomic E-state index is -0.175. The molecule has 8 heteroatoms. The van der Waals surface area contributed by atoms with E-state index in [1.165, 1.54) is 11.0 Å². The fourth-order valence-corrected chi connectivity index (χ4v) is 1.28. The number of nitrogens with zero attached hydrogens (tertiary/aromatic N) is 5. The van der Waals surface area contributed by atoms with Gasteiger partial charge in [0.05, 0.1) is 5.02 Å². The van der Waals surface area contributed by atoms with Crippen molar-refractivity contribution in [2.24, 2.45) is 10.9 Å². The number of oxime groups is 1. The van der Waals surface area contributed by atoms with Crippen LogP contribution in [0.5, 0.6) is 0 Å². The number of hydrogen-bond acceptors (Lipinski definition) is 5. The normalized spacial score (nSPS) is 11.7. The standard InChI is InChI=1S/C8H7ClN6O/c9-5-2-1-3-11-8(5)15-4-12-7(13-15)6(10)14-16/h1-4,16H,(H2,10,14). The molecule has 0 radical (unpaired) electrons. The molecule has 0 spiro atoms. The molecule has 2 aromatic rings. The zero-order chi connectivity index (χ0) is 11.5. The fraction of sp³-hybridized carbons (Fsp3) is 0. The second-order valence-electron chi connectivity index (χ2n) is 2.81. The van der Waals surface area contributed by atoms with E-state index >= 15 is 0 Å². The summed E-state index contributed by atoms with van der Waals surface area (Å²) in [5, 5.41) is 15.6. The van der Waals surface area contributed by atoms with Crippen molar-refractivity contribution in [3.8, 4) is 5.82 Å². The summed E-state index contributed by atoms with van der Waals surface area (Å²) < 4.78 is 1.34. The van der Waals surface area contributed by atoms with Gasteiger partial charge in [-0.25, -0.2) is 14.6 Å². The van der Waals surface area contributed by atoms with Gasteiger partial charge in [0.15, 0.2) is 5.82 Å². The van der Waals surface area contributed by atoms with Gasteiger partial charge in [-0.2, -0.15) is 0 Å². The molecule has 3 N–H and O–H groups in total. The lowest BCUT2D eigenvalue weighted by Gasteiger charge is -2.00. The van der Waals surface area contributed by atoms with Gasteiger partial charge in [-0.1, -0.05) is 16.8 Å². The first-order valence-electron chi connectivity index (χ1n) is 4.23. The van der Waals surface area contributed by atoms with E-state index in [0.717, 1.165) is 0 Å². The zero-order valence-electron chi connectivity index (χ0n) is 7.95. The lowest BCUT2D eigenvalue weighted by Crippen LogP contribution is -2.15. The Kier molecular flexibility index (Phi) is 2.69. The molecule has 7 nitrogen and oxygen atoms in total. The Hall–Kier alpha value is -2.15. The molecule has 2 rings (SSSR count). The van der Waals surface area contributed by atoms with E-state index in [-0.39, 0.29) is 11.7 Å². The van der Waals surface area contributed by atoms with E-state index in [1.807, 2.05) is 0 Å². The Morgan fingerprint density at radius 1 is 1.50 bits per heavy atom. The number of hydrogen-bond donors (Lipinski definition) is 2. The van der Waals surface area contributed by atoms with Gasteiger partial charge in [0, 0.05) is 6.20 Å². The molecule has 0 atom stereocenters. The smallest absolute Gasteiger partial charge is 0.220 e. The number of rotatable bonds is 2. The molecule has 0 aliphatic carbocycles. The molecule has 0 unspecified atom stereocenters. The number of pyridine rings is 1. The van der Waals surface area contributed by atoms with E-state index in [2.05, 4.69) is 20.2 Å². The minimum absolute atomic E-state index is 0.101. The number of aromatic nitrogens is 4. The second-order valence-corrected chi connectivity index (χ2v) is 3.21. The first kappa shape index (κ1) is 10.4. The predicted molar refractivity (Wildman–Crippen MR) is 56.7 cm³/mol. The largest absolute Gasteiger partial charge is 0.409 e. The van der Waals surface area contributed by atoms with Crippen LogP contribution in [0.4, 0.5) is 0 Å². The quantitative estimate of drug-likeness (QED) is 0.341. The van der Waals surface area contributed by atoms with E-state index in [1.54, 1.807) is 18.3 Å². The van der Waals surface area contributed by atoms with Crippen LogP contribution in [0.15, 0.2) is 29.8 Å². The molecule has 16 heavy (non-hydrogen) atoms. The second kappa shape index (κ2) is 4.15. The third-order valence-corrected chi connectivity index (χ3v) is 2.08. The topological polar surface area (TPSA) is 102 Å². The highest BCUT2D eigenvalue weighted by molar-refractivity contribution is 6.32. The van der Waals surface area contributed by atoms with Crippen molar-refractivity contribution in [1.82, 2.24) is 19.7 Å². The lowest BCUT2D eigenvalue weighted by atomic mass is 10.5. The maximum atomic E-state index is 8.45. The third kappa shape index (κ3) is 1.80. The SMILES string of the molecule is NC(=NO)c1ncn(-c2ncccc2Cl)n1. The maximum Gasteiger partial charge on any atom is 0.220 e. The van der Waals surface area contributed by atoms with Crippen LogP contribution >= 0.6 is 11.6 Å². The number of amidine groups is 1. The highest BCUT2D eigenvalue weighted by Gasteiger charge is 2.09. The zero-order valence-corrected chi connectivity index (χ0v) is 8.70. The molecule has 0 amide bonds. The van der Waals surface area contributed by atoms with Gasteiger partial charge in [0.25, 0.3) is 0 Å². The first-order chi connectivity index (χ1) is 7.72. The number of nitrogens with two attached hydrogens (primary N) is 1. The molecular weight excluding hydrogens is 232 g/mol. The van der Waals surface area contributed by atoms with Gasteiger partial charge in [-0.15, -0.1) is 5.10 Å². The summed E-state index contributed by atoms with van der Waals surface area (Å²) in [5.41, 5.74) is 5.33. The van der Waals surface area contributed by atoms with Crippen molar-refractivity contribution in [3.05, 3.63) is 35.5 Å². The monoisotopic (exact) mass is 238 g/mol. The summed E-state index contributed by atoms with van der Waals surface area (Å²) in [6.07, 6.45) is 2.95. The average Bonchev–Trinajstić information content (AvgIpc) is 2.78. The molecule has 2 heterocycles. The summed E-state index contributed by atoms with van der Waals surface area (Å²) in [6, 6.07) is 3.38. The Balaban J connectivity index is 2.43. The van der Waals surface area contributed by atoms with Crippen LogP contribution in [-0.2, 0) is 0 Å². The van der Waals surface area contributed by atoms with Crippen LogP contribution in [0.2, 0.25) is 5.02 Å². The molecule has 0 aliphatic rings. The lowest BCUT2D eigenvalue weighted by molar-refractivity contribution is 0.318. The minimum Gasteiger partial charge on any atom is -0.409 e. The van der Waals surface area contributed by atoms with Gasteiger partial charge in [0.2, 0.25) is 11.7 Å². The van der Waals surface area contributed by atoms with E-state index in [4.69, 9.17) is 22.5 Å². The van der Waals surface area contributed by atoms with Crippen molar-refractivity contribution < 1.29 is 5.21 Å². The van der Waals surface area contributed by atoms with Crippen molar-refractivity contribution in [2.45, 2.75) is 0 Å². The Bertz CT molecular complexity index is 537. The fourth-order valence-electron chi connectivity index (χ4n) is 1.07. The third-order valence-electron chi connectivity index (χ3n) is 1.78. The summed E-state index contributed by atoms with van der Waals surface area (Å²) in [7, 11) is 0. The summed E-state index contributed by atoms with van der Waals surface area (Å²) in [4.78, 5) is 7.87. The number of halogens is 1. The van der Waals surface area contributed by atoms with E-state index in [0.29, 0.717) is 10.8 Å². The molecule has 2 aromatic heterocycles. The van der Waals surface area contributed by atoms with Gasteiger partial charge in [0.1, 0.15) is 6.33 Å². The summed E-state index contributed by atoms with van der Waals surface area (Å²) >= 11 is 5.92. The molecule has 0 aliphatic heterocycles. The van der Waals surface area contributed by atoms with Crippen molar-refractivity contribution in [2.75, 3.05) is 0 Å². The van der Waals surface area contributed by atoms with Gasteiger partial charge < -0.3 is 10.9 Å². The molecule has 0 saturated carbocycles. The summed E-state index contributed by atoms with van der Waals surface area (Å²) in [5.74, 6) is 0.351. The molecule has 0 bridgehead atoms. The molecule has 0 aromatic carbocycles.